The van der Waals surface area contributed by atoms with Crippen molar-refractivity contribution in [2.24, 2.45) is 5.41 Å². The highest BCUT2D eigenvalue weighted by molar-refractivity contribution is 6.01. The summed E-state index contributed by atoms with van der Waals surface area (Å²) in [6, 6.07) is 9.15. The number of benzene rings is 2. The van der Waals surface area contributed by atoms with Gasteiger partial charge in [-0.2, -0.15) is 0 Å². The molecule has 0 bridgehead atoms. The summed E-state index contributed by atoms with van der Waals surface area (Å²) in [6.45, 7) is 8.39. The number of fused-ring (bicyclic) bond motifs is 1. The number of ketones is 1. The van der Waals surface area contributed by atoms with E-state index in [1.165, 1.54) is 12.7 Å². The molecule has 1 aliphatic carbocycles. The van der Waals surface area contributed by atoms with E-state index in [1.807, 2.05) is 12.1 Å². The molecule has 1 aliphatic heterocycles. The lowest BCUT2D eigenvalue weighted by Crippen LogP contribution is -2.31. The van der Waals surface area contributed by atoms with Crippen molar-refractivity contribution in [3.8, 4) is 11.5 Å². The number of ether oxygens (including phenoxy) is 1. The predicted molar refractivity (Wildman–Crippen MR) is 116 cm³/mol. The molecule has 0 saturated carbocycles. The number of para-hydroxylation sites is 1. The number of phenols is 1. The molecule has 5 heteroatoms. The number of carbonyl (C=O) groups is 1. The van der Waals surface area contributed by atoms with E-state index >= 15 is 0 Å². The van der Waals surface area contributed by atoms with Crippen LogP contribution in [0, 0.1) is 19.3 Å². The molecule has 0 radical (unpaired) electrons. The smallest absolute Gasteiger partial charge is 0.163 e. The third kappa shape index (κ3) is 3.35. The number of aryl methyl sites for hydroxylation is 2. The van der Waals surface area contributed by atoms with Gasteiger partial charge in [0.2, 0.25) is 0 Å². The van der Waals surface area contributed by atoms with Crippen LogP contribution in [0.15, 0.2) is 41.6 Å². The van der Waals surface area contributed by atoms with Crippen molar-refractivity contribution < 1.29 is 14.6 Å². The number of Topliss-reactive ketones (excluding diaryl/α,β-unsaturated/α-hetero) is 1. The summed E-state index contributed by atoms with van der Waals surface area (Å²) in [4.78, 5) is 13.3. The van der Waals surface area contributed by atoms with Gasteiger partial charge in [0, 0.05) is 23.3 Å². The molecular weight excluding hydrogens is 364 g/mol. The lowest BCUT2D eigenvalue weighted by Gasteiger charge is -2.34. The zero-order chi connectivity index (χ0) is 20.9. The van der Waals surface area contributed by atoms with Crippen molar-refractivity contribution in [2.75, 3.05) is 17.7 Å². The first kappa shape index (κ1) is 19.4. The normalized spacial score (nSPS) is 20.2. The van der Waals surface area contributed by atoms with E-state index in [1.54, 1.807) is 6.07 Å². The molecule has 1 atom stereocenters. The van der Waals surface area contributed by atoms with Gasteiger partial charge >= 0.3 is 0 Å². The van der Waals surface area contributed by atoms with Gasteiger partial charge in [0.25, 0.3) is 0 Å². The number of allylic oxidation sites excluding steroid dienone is 1. The van der Waals surface area contributed by atoms with Gasteiger partial charge in [-0.3, -0.25) is 4.79 Å². The lowest BCUT2D eigenvalue weighted by molar-refractivity contribution is -0.118. The maximum Gasteiger partial charge on any atom is 0.163 e. The van der Waals surface area contributed by atoms with Gasteiger partial charge < -0.3 is 20.5 Å². The molecular formula is C24H28N2O3. The topological polar surface area (TPSA) is 70.6 Å². The molecule has 2 aromatic rings. The Hall–Kier alpha value is -2.95. The number of hydrogen-bond donors (Lipinski definition) is 3. The summed E-state index contributed by atoms with van der Waals surface area (Å²) in [5.41, 5.74) is 6.36. The van der Waals surface area contributed by atoms with Gasteiger partial charge in [-0.15, -0.1) is 0 Å². The third-order valence-corrected chi connectivity index (χ3v) is 5.99. The van der Waals surface area contributed by atoms with Gasteiger partial charge in [0.1, 0.15) is 0 Å². The Morgan fingerprint density at radius 1 is 1.10 bits per heavy atom. The van der Waals surface area contributed by atoms with Gasteiger partial charge in [-0.05, 0) is 55.0 Å². The van der Waals surface area contributed by atoms with E-state index in [0.717, 1.165) is 29.1 Å². The Bertz CT molecular complexity index is 1040. The van der Waals surface area contributed by atoms with E-state index < -0.39 is 6.04 Å². The Morgan fingerprint density at radius 2 is 1.79 bits per heavy atom. The van der Waals surface area contributed by atoms with Crippen LogP contribution in [0.1, 0.15) is 49.4 Å². The van der Waals surface area contributed by atoms with E-state index in [9.17, 15) is 9.90 Å². The number of methoxy groups -OCH3 is 1. The number of carbonyl (C=O) groups excluding carboxylic acids is 1. The van der Waals surface area contributed by atoms with Crippen LogP contribution in [-0.4, -0.2) is 18.0 Å². The number of anilines is 2. The summed E-state index contributed by atoms with van der Waals surface area (Å²) < 4.78 is 5.31. The monoisotopic (exact) mass is 392 g/mol. The van der Waals surface area contributed by atoms with Gasteiger partial charge in [0.15, 0.2) is 17.3 Å². The fourth-order valence-electron chi connectivity index (χ4n) is 4.38. The molecule has 29 heavy (non-hydrogen) atoms. The first-order valence-electron chi connectivity index (χ1n) is 9.97. The summed E-state index contributed by atoms with van der Waals surface area (Å²) in [5.74, 6) is 0.557. The second-order valence-electron chi connectivity index (χ2n) is 8.92. The van der Waals surface area contributed by atoms with Crippen LogP contribution in [0.3, 0.4) is 0 Å². The number of rotatable bonds is 2. The average Bonchev–Trinajstić information content (AvgIpc) is 2.78. The molecule has 4 rings (SSSR count). The highest BCUT2D eigenvalue weighted by Crippen LogP contribution is 2.48. The minimum atomic E-state index is -0.459. The Morgan fingerprint density at radius 3 is 2.48 bits per heavy atom. The molecule has 0 fully saturated rings. The Kier molecular flexibility index (Phi) is 4.56. The summed E-state index contributed by atoms with van der Waals surface area (Å²) >= 11 is 0. The van der Waals surface area contributed by atoms with Gasteiger partial charge in [0.05, 0.1) is 24.5 Å². The molecule has 152 valence electrons. The highest BCUT2D eigenvalue weighted by atomic mass is 16.5. The number of hydrogen-bond acceptors (Lipinski definition) is 5. The third-order valence-electron chi connectivity index (χ3n) is 5.99. The minimum Gasteiger partial charge on any atom is -0.504 e. The SMILES string of the molecule is COc1cccc([C@H]2Nc3cc(C)c(C)cc3NC3=C2C(=O)CC(C)(C)C3)c1O. The maximum absolute atomic E-state index is 13.3. The molecule has 1 heterocycles. The van der Waals surface area contributed by atoms with Crippen molar-refractivity contribution in [3.05, 3.63) is 58.3 Å². The van der Waals surface area contributed by atoms with Crippen LogP contribution >= 0.6 is 0 Å². The molecule has 0 saturated heterocycles. The summed E-state index contributed by atoms with van der Waals surface area (Å²) in [5, 5.41) is 17.9. The fraction of sp³-hybridized carbons (Fsp3) is 0.375. The molecule has 2 aliphatic rings. The fourth-order valence-corrected chi connectivity index (χ4v) is 4.38. The van der Waals surface area contributed by atoms with Crippen LogP contribution in [0.4, 0.5) is 11.4 Å². The number of aromatic hydroxyl groups is 1. The van der Waals surface area contributed by atoms with Crippen LogP contribution in [0.5, 0.6) is 11.5 Å². The van der Waals surface area contributed by atoms with Crippen molar-refractivity contribution in [1.29, 1.82) is 0 Å². The number of phenolic OH excluding ortho intramolecular Hbond substituents is 1. The Labute approximate surface area is 171 Å². The van der Waals surface area contributed by atoms with Crippen molar-refractivity contribution >= 4 is 17.2 Å². The standard InChI is InChI=1S/C24H28N2O3/c1-13-9-16-17(10-14(13)2)26-22(15-7-6-8-20(29-5)23(15)28)21-18(25-16)11-24(3,4)12-19(21)27/h6-10,22,25-26,28H,11-12H2,1-5H3/t22-/m1/s1. The summed E-state index contributed by atoms with van der Waals surface area (Å²) in [6.07, 6.45) is 1.24. The summed E-state index contributed by atoms with van der Waals surface area (Å²) in [7, 11) is 1.53. The van der Waals surface area contributed by atoms with Crippen molar-refractivity contribution in [3.63, 3.8) is 0 Å². The number of nitrogens with one attached hydrogen (secondary N) is 2. The van der Waals surface area contributed by atoms with E-state index in [4.69, 9.17) is 4.74 Å². The van der Waals surface area contributed by atoms with Gasteiger partial charge in [-0.1, -0.05) is 26.0 Å². The van der Waals surface area contributed by atoms with E-state index in [-0.39, 0.29) is 16.9 Å². The van der Waals surface area contributed by atoms with Crippen LogP contribution < -0.4 is 15.4 Å². The van der Waals surface area contributed by atoms with Crippen molar-refractivity contribution in [2.45, 2.75) is 46.6 Å². The Balaban J connectivity index is 1.94. The van der Waals surface area contributed by atoms with Crippen LogP contribution in [0.25, 0.3) is 0 Å². The maximum atomic E-state index is 13.3. The van der Waals surface area contributed by atoms with E-state index in [2.05, 4.69) is 50.5 Å². The zero-order valence-electron chi connectivity index (χ0n) is 17.6. The van der Waals surface area contributed by atoms with Crippen LogP contribution in [0.2, 0.25) is 0 Å². The molecule has 0 aromatic heterocycles. The molecule has 5 nitrogen and oxygen atoms in total. The second-order valence-corrected chi connectivity index (χ2v) is 8.92. The van der Waals surface area contributed by atoms with Crippen molar-refractivity contribution in [1.82, 2.24) is 0 Å². The molecule has 2 aromatic carbocycles. The molecule has 0 spiro atoms. The first-order chi connectivity index (χ1) is 13.7. The quantitative estimate of drug-likeness (QED) is 0.652. The molecule has 0 amide bonds. The molecule has 0 unspecified atom stereocenters. The minimum absolute atomic E-state index is 0.0595. The largest absolute Gasteiger partial charge is 0.504 e. The van der Waals surface area contributed by atoms with Gasteiger partial charge in [-0.25, -0.2) is 0 Å². The molecule has 3 N–H and O–H groups in total. The van der Waals surface area contributed by atoms with E-state index in [0.29, 0.717) is 23.3 Å². The highest BCUT2D eigenvalue weighted by Gasteiger charge is 2.39. The zero-order valence-corrected chi connectivity index (χ0v) is 17.6. The first-order valence-corrected chi connectivity index (χ1v) is 9.97. The predicted octanol–water partition coefficient (Wildman–Crippen LogP) is 5.24. The lowest BCUT2D eigenvalue weighted by atomic mass is 9.73. The van der Waals surface area contributed by atoms with Crippen LogP contribution in [-0.2, 0) is 4.79 Å². The average molecular weight is 392 g/mol. The second kappa shape index (κ2) is 6.83.